The summed E-state index contributed by atoms with van der Waals surface area (Å²) in [7, 11) is 0. The Labute approximate surface area is 75.2 Å². The summed E-state index contributed by atoms with van der Waals surface area (Å²) in [5.74, 6) is 0. The van der Waals surface area contributed by atoms with Crippen molar-refractivity contribution in [2.75, 3.05) is 0 Å². The summed E-state index contributed by atoms with van der Waals surface area (Å²) < 4.78 is 3.62. The van der Waals surface area contributed by atoms with Gasteiger partial charge in [-0.15, -0.1) is 0 Å². The second-order valence-electron chi connectivity index (χ2n) is 1.93. The number of allylic oxidation sites excluding steroid dienone is 2. The zero-order chi connectivity index (χ0) is 7.94. The first-order valence-corrected chi connectivity index (χ1v) is 5.24. The van der Waals surface area contributed by atoms with E-state index in [4.69, 9.17) is 0 Å². The fourth-order valence-corrected chi connectivity index (χ4v) is 2.04. The third-order valence-corrected chi connectivity index (χ3v) is 2.89. The van der Waals surface area contributed by atoms with Crippen molar-refractivity contribution in [3.05, 3.63) is 53.7 Å². The van der Waals surface area contributed by atoms with Gasteiger partial charge in [-0.1, -0.05) is 0 Å². The Balaban J connectivity index is 2.51. The average molecular weight is 231 g/mol. The molecule has 1 heteroatoms. The van der Waals surface area contributed by atoms with Gasteiger partial charge in [-0.25, -0.2) is 0 Å². The van der Waals surface area contributed by atoms with Gasteiger partial charge >= 0.3 is 75.0 Å². The molecular formula is C10H10Ru. The Bertz CT molecular complexity index is 236. The summed E-state index contributed by atoms with van der Waals surface area (Å²) in [5.41, 5.74) is 0. The molecule has 0 aromatic heterocycles. The van der Waals surface area contributed by atoms with E-state index in [1.54, 1.807) is 0 Å². The number of hydrogen-bond donors (Lipinski definition) is 0. The van der Waals surface area contributed by atoms with Crippen LogP contribution in [0.5, 0.6) is 0 Å². The van der Waals surface area contributed by atoms with Crippen LogP contribution in [0.1, 0.15) is 0 Å². The molecule has 58 valence electrons. The third kappa shape index (κ3) is 3.29. The van der Waals surface area contributed by atoms with Crippen LogP contribution in [0.15, 0.2) is 53.7 Å². The van der Waals surface area contributed by atoms with Crippen molar-refractivity contribution in [1.82, 2.24) is 0 Å². The molecule has 0 unspecified atom stereocenters. The molecule has 0 aliphatic heterocycles. The molecule has 1 aromatic carbocycles. The summed E-state index contributed by atoms with van der Waals surface area (Å²) in [6, 6.07) is 10.5. The van der Waals surface area contributed by atoms with Crippen LogP contribution in [0.25, 0.3) is 0 Å². The van der Waals surface area contributed by atoms with Gasteiger partial charge in [-0.05, 0) is 0 Å². The Morgan fingerprint density at radius 2 is 1.91 bits per heavy atom. The van der Waals surface area contributed by atoms with E-state index in [0.717, 1.165) is 0 Å². The molecule has 0 fully saturated rings. The molecule has 0 aliphatic carbocycles. The van der Waals surface area contributed by atoms with Crippen LogP contribution in [-0.2, 0) is 17.1 Å². The normalized spacial score (nSPS) is 10.5. The Kier molecular flexibility index (Phi) is 3.86. The standard InChI is InChI=1S/C6H5.C4H5.Ru/c1-2-4-6-5-3-1;1-3-4-2;/h1-5H;1,3-4H,2H2;. The minimum absolute atomic E-state index is 0.237. The van der Waals surface area contributed by atoms with Crippen LogP contribution in [0.3, 0.4) is 0 Å². The van der Waals surface area contributed by atoms with E-state index in [2.05, 4.69) is 35.5 Å². The topological polar surface area (TPSA) is 0 Å². The average Bonchev–Trinajstić information content (AvgIpc) is 2.07. The van der Waals surface area contributed by atoms with E-state index in [1.807, 2.05) is 18.2 Å². The van der Waals surface area contributed by atoms with Crippen molar-refractivity contribution < 1.29 is 17.1 Å². The van der Waals surface area contributed by atoms with Gasteiger partial charge in [0.25, 0.3) is 0 Å². The van der Waals surface area contributed by atoms with Crippen LogP contribution in [0.2, 0.25) is 0 Å². The molecule has 0 saturated carbocycles. The van der Waals surface area contributed by atoms with Gasteiger partial charge in [0, 0.05) is 0 Å². The summed E-state index contributed by atoms with van der Waals surface area (Å²) >= 11 is 0.237. The van der Waals surface area contributed by atoms with Gasteiger partial charge in [0.2, 0.25) is 0 Å². The van der Waals surface area contributed by atoms with Gasteiger partial charge in [0.1, 0.15) is 0 Å². The number of rotatable bonds is 3. The molecule has 0 atom stereocenters. The third-order valence-electron chi connectivity index (χ3n) is 1.11. The summed E-state index contributed by atoms with van der Waals surface area (Å²) in [6.45, 7) is 3.62. The zero-order valence-corrected chi connectivity index (χ0v) is 7.92. The summed E-state index contributed by atoms with van der Waals surface area (Å²) in [4.78, 5) is 0. The van der Waals surface area contributed by atoms with Gasteiger partial charge in [0.15, 0.2) is 0 Å². The first kappa shape index (κ1) is 8.42. The van der Waals surface area contributed by atoms with Crippen molar-refractivity contribution in [2.45, 2.75) is 0 Å². The fourth-order valence-electron chi connectivity index (χ4n) is 0.628. The molecule has 0 nitrogen and oxygen atoms in total. The number of hydrogen-bond acceptors (Lipinski definition) is 0. The Hall–Kier alpha value is -0.677. The van der Waals surface area contributed by atoms with Gasteiger partial charge < -0.3 is 0 Å². The van der Waals surface area contributed by atoms with Crippen molar-refractivity contribution in [2.24, 2.45) is 0 Å². The molecule has 1 rings (SSSR count). The van der Waals surface area contributed by atoms with Crippen molar-refractivity contribution in [3.8, 4) is 0 Å². The molecule has 0 saturated heterocycles. The Morgan fingerprint density at radius 1 is 1.18 bits per heavy atom. The van der Waals surface area contributed by atoms with E-state index in [-0.39, 0.29) is 17.1 Å². The minimum atomic E-state index is 0.237. The first-order valence-electron chi connectivity index (χ1n) is 3.37. The van der Waals surface area contributed by atoms with E-state index >= 15 is 0 Å². The van der Waals surface area contributed by atoms with Crippen molar-refractivity contribution in [3.63, 3.8) is 0 Å². The van der Waals surface area contributed by atoms with Gasteiger partial charge in [-0.2, -0.15) is 0 Å². The molecule has 0 spiro atoms. The second-order valence-corrected chi connectivity index (χ2v) is 4.01. The van der Waals surface area contributed by atoms with E-state index in [1.165, 1.54) is 4.16 Å². The fraction of sp³-hybridized carbons (Fsp3) is 0. The van der Waals surface area contributed by atoms with E-state index in [0.29, 0.717) is 0 Å². The summed E-state index contributed by atoms with van der Waals surface area (Å²) in [6.07, 6.45) is 3.82. The summed E-state index contributed by atoms with van der Waals surface area (Å²) in [5, 5.41) is 0. The molecule has 0 N–H and O–H groups in total. The molecule has 0 aliphatic rings. The van der Waals surface area contributed by atoms with Gasteiger partial charge in [-0.3, -0.25) is 0 Å². The molecule has 1 aromatic rings. The Morgan fingerprint density at radius 3 is 2.55 bits per heavy atom. The molecule has 0 bridgehead atoms. The van der Waals surface area contributed by atoms with Crippen LogP contribution in [0, 0.1) is 0 Å². The first-order chi connectivity index (χ1) is 5.43. The van der Waals surface area contributed by atoms with E-state index in [9.17, 15) is 0 Å². The molecule has 0 heterocycles. The van der Waals surface area contributed by atoms with Crippen LogP contribution < -0.4 is 4.16 Å². The van der Waals surface area contributed by atoms with Crippen LogP contribution in [-0.4, -0.2) is 0 Å². The predicted molar refractivity (Wildman–Crippen MR) is 45.4 cm³/mol. The maximum atomic E-state index is 3.62. The maximum absolute atomic E-state index is 3.62. The van der Waals surface area contributed by atoms with Crippen LogP contribution in [0.4, 0.5) is 0 Å². The molecule has 11 heavy (non-hydrogen) atoms. The quantitative estimate of drug-likeness (QED) is 0.552. The van der Waals surface area contributed by atoms with E-state index < -0.39 is 0 Å². The van der Waals surface area contributed by atoms with Gasteiger partial charge in [0.05, 0.1) is 0 Å². The SMILES string of the molecule is C=CC=[CH][Ru][c]1ccccc1. The molecule has 0 amide bonds. The second kappa shape index (κ2) is 5.04. The van der Waals surface area contributed by atoms with Crippen molar-refractivity contribution in [1.29, 1.82) is 0 Å². The number of benzene rings is 1. The molecule has 0 radical (unpaired) electrons. The molecular weight excluding hydrogens is 221 g/mol. The van der Waals surface area contributed by atoms with Crippen molar-refractivity contribution >= 4 is 4.16 Å². The van der Waals surface area contributed by atoms with Crippen LogP contribution >= 0.6 is 0 Å². The zero-order valence-electron chi connectivity index (χ0n) is 6.18. The predicted octanol–water partition coefficient (Wildman–Crippen LogP) is 2.09. The monoisotopic (exact) mass is 232 g/mol.